The lowest BCUT2D eigenvalue weighted by Gasteiger charge is -2.41. The highest BCUT2D eigenvalue weighted by molar-refractivity contribution is 6.01. The summed E-state index contributed by atoms with van der Waals surface area (Å²) in [6, 6.07) is 7.00. The van der Waals surface area contributed by atoms with E-state index in [2.05, 4.69) is 22.0 Å². The van der Waals surface area contributed by atoms with Crippen molar-refractivity contribution in [2.75, 3.05) is 6.54 Å². The second kappa shape index (κ2) is 8.64. The maximum Gasteiger partial charge on any atom is 0.248 e. The average molecular weight is 409 g/mol. The summed E-state index contributed by atoms with van der Waals surface area (Å²) in [7, 11) is 0. The highest BCUT2D eigenvalue weighted by Gasteiger charge is 2.42. The van der Waals surface area contributed by atoms with Crippen molar-refractivity contribution in [3.05, 3.63) is 46.3 Å². The maximum atomic E-state index is 14.3. The van der Waals surface area contributed by atoms with E-state index in [0.29, 0.717) is 12.1 Å². The number of hydrogen-bond donors (Lipinski definition) is 3. The molecular weight excluding hydrogens is 385 g/mol. The fraction of sp³-hybridized carbons (Fsp3) is 0.455. The summed E-state index contributed by atoms with van der Waals surface area (Å²) in [4.78, 5) is 25.6. The minimum atomic E-state index is -0.767. The van der Waals surface area contributed by atoms with Gasteiger partial charge in [0.25, 0.3) is 0 Å². The molecule has 5 atom stereocenters. The van der Waals surface area contributed by atoms with Crippen LogP contribution in [0.15, 0.2) is 29.3 Å². The lowest BCUT2D eigenvalue weighted by atomic mass is 9.74. The van der Waals surface area contributed by atoms with E-state index in [-0.39, 0.29) is 29.0 Å². The summed E-state index contributed by atoms with van der Waals surface area (Å²) < 4.78 is 14.3. The SMILES string of the molecule is CC1=C([C@@H](C)C(=O)N[C@H](C)c2ccc(C#N)cc2F)C(=O)NC2CCNC(C#N)C12. The highest BCUT2D eigenvalue weighted by atomic mass is 19.1. The van der Waals surface area contributed by atoms with E-state index in [1.807, 2.05) is 6.07 Å². The molecule has 3 rings (SSSR count). The van der Waals surface area contributed by atoms with Crippen LogP contribution in [-0.2, 0) is 9.59 Å². The number of carbonyl (C=O) groups is 2. The number of nitriles is 2. The predicted octanol–water partition coefficient (Wildman–Crippen LogP) is 1.83. The average Bonchev–Trinajstić information content (AvgIpc) is 2.72. The van der Waals surface area contributed by atoms with Crippen molar-refractivity contribution < 1.29 is 14.0 Å². The number of fused-ring (bicyclic) bond motifs is 1. The Balaban J connectivity index is 1.82. The van der Waals surface area contributed by atoms with Crippen LogP contribution < -0.4 is 16.0 Å². The van der Waals surface area contributed by atoms with Gasteiger partial charge in [-0.3, -0.25) is 9.59 Å². The van der Waals surface area contributed by atoms with Gasteiger partial charge in [-0.25, -0.2) is 4.39 Å². The summed E-state index contributed by atoms with van der Waals surface area (Å²) in [6.07, 6.45) is 0.717. The molecule has 3 N–H and O–H groups in total. The Hall–Kier alpha value is -3.23. The molecule has 0 radical (unpaired) electrons. The van der Waals surface area contributed by atoms with E-state index in [0.717, 1.165) is 18.1 Å². The molecule has 0 bridgehead atoms. The molecule has 1 saturated heterocycles. The molecule has 8 heteroatoms. The van der Waals surface area contributed by atoms with E-state index in [4.69, 9.17) is 5.26 Å². The number of nitrogens with zero attached hydrogens (tertiary/aromatic N) is 2. The lowest BCUT2D eigenvalue weighted by Crippen LogP contribution is -2.58. The fourth-order valence-electron chi connectivity index (χ4n) is 4.41. The van der Waals surface area contributed by atoms with Gasteiger partial charge in [-0.05, 0) is 45.9 Å². The second-order valence-corrected chi connectivity index (χ2v) is 7.85. The first-order chi connectivity index (χ1) is 14.3. The molecule has 2 amide bonds. The number of halogens is 1. The third-order valence-corrected chi connectivity index (χ3v) is 6.02. The number of piperidine rings is 1. The van der Waals surface area contributed by atoms with Gasteiger partial charge in [-0.1, -0.05) is 11.6 Å². The van der Waals surface area contributed by atoms with Crippen molar-refractivity contribution >= 4 is 11.8 Å². The van der Waals surface area contributed by atoms with Crippen molar-refractivity contribution in [2.45, 2.75) is 45.3 Å². The summed E-state index contributed by atoms with van der Waals surface area (Å²) >= 11 is 0. The third kappa shape index (κ3) is 3.92. The Bertz CT molecular complexity index is 990. The van der Waals surface area contributed by atoms with Crippen LogP contribution in [0.2, 0.25) is 0 Å². The molecule has 0 saturated carbocycles. The number of rotatable bonds is 4. The van der Waals surface area contributed by atoms with E-state index in [9.17, 15) is 19.2 Å². The van der Waals surface area contributed by atoms with E-state index in [1.54, 1.807) is 20.8 Å². The van der Waals surface area contributed by atoms with Gasteiger partial charge in [-0.15, -0.1) is 0 Å². The van der Waals surface area contributed by atoms with E-state index in [1.165, 1.54) is 12.1 Å². The number of hydrogen-bond acceptors (Lipinski definition) is 5. The summed E-state index contributed by atoms with van der Waals surface area (Å²) in [5.74, 6) is -2.25. The van der Waals surface area contributed by atoms with Crippen LogP contribution in [0.3, 0.4) is 0 Å². The number of benzene rings is 1. The highest BCUT2D eigenvalue weighted by Crippen LogP contribution is 2.34. The van der Waals surface area contributed by atoms with Gasteiger partial charge in [0.05, 0.1) is 29.7 Å². The van der Waals surface area contributed by atoms with Crippen LogP contribution in [-0.4, -0.2) is 30.4 Å². The number of nitrogens with one attached hydrogen (secondary N) is 3. The van der Waals surface area contributed by atoms with Crippen LogP contribution in [0.25, 0.3) is 0 Å². The van der Waals surface area contributed by atoms with E-state index >= 15 is 0 Å². The quantitative estimate of drug-likeness (QED) is 0.701. The van der Waals surface area contributed by atoms with Crippen LogP contribution in [0.5, 0.6) is 0 Å². The monoisotopic (exact) mass is 409 g/mol. The topological polar surface area (TPSA) is 118 Å². The molecule has 1 aromatic rings. The molecule has 1 aromatic carbocycles. The molecule has 0 aromatic heterocycles. The largest absolute Gasteiger partial charge is 0.349 e. The standard InChI is InChI=1S/C22H24FN5O2/c1-11-19(22(30)28-17-6-7-26-18(10-25)20(11)17)12(2)21(29)27-13(3)15-5-4-14(9-24)8-16(15)23/h4-5,8,12-13,17-18,20,26H,6-7H2,1-3H3,(H,27,29)(H,28,30)/t12-,13-,17?,18?,20?/m1/s1. The normalized spacial score (nSPS) is 25.3. The third-order valence-electron chi connectivity index (χ3n) is 6.02. The zero-order valence-corrected chi connectivity index (χ0v) is 17.1. The van der Waals surface area contributed by atoms with Gasteiger partial charge in [0.2, 0.25) is 11.8 Å². The molecule has 3 unspecified atom stereocenters. The molecule has 0 spiro atoms. The van der Waals surface area contributed by atoms with Gasteiger partial charge in [0.15, 0.2) is 0 Å². The Labute approximate surface area is 174 Å². The lowest BCUT2D eigenvalue weighted by molar-refractivity contribution is -0.127. The second-order valence-electron chi connectivity index (χ2n) is 7.85. The summed E-state index contributed by atoms with van der Waals surface area (Å²) in [6.45, 7) is 5.72. The fourth-order valence-corrected chi connectivity index (χ4v) is 4.41. The molecule has 156 valence electrons. The zero-order valence-electron chi connectivity index (χ0n) is 17.1. The Morgan fingerprint density at radius 1 is 1.33 bits per heavy atom. The molecule has 2 aliphatic rings. The predicted molar refractivity (Wildman–Crippen MR) is 107 cm³/mol. The van der Waals surface area contributed by atoms with Crippen molar-refractivity contribution in [3.63, 3.8) is 0 Å². The molecular formula is C22H24FN5O2. The molecule has 7 nitrogen and oxygen atoms in total. The van der Waals surface area contributed by atoms with E-state index < -0.39 is 29.7 Å². The van der Waals surface area contributed by atoms with Crippen molar-refractivity contribution in [3.8, 4) is 12.1 Å². The Morgan fingerprint density at radius 3 is 2.70 bits per heavy atom. The van der Waals surface area contributed by atoms with Crippen LogP contribution >= 0.6 is 0 Å². The van der Waals surface area contributed by atoms with Crippen LogP contribution in [0.1, 0.15) is 44.4 Å². The molecule has 2 heterocycles. The summed E-state index contributed by atoms with van der Waals surface area (Å²) in [5, 5.41) is 27.2. The van der Waals surface area contributed by atoms with Crippen molar-refractivity contribution in [1.29, 1.82) is 10.5 Å². The number of amides is 2. The Morgan fingerprint density at radius 2 is 2.07 bits per heavy atom. The van der Waals surface area contributed by atoms with Gasteiger partial charge in [-0.2, -0.15) is 10.5 Å². The van der Waals surface area contributed by atoms with Crippen LogP contribution in [0, 0.1) is 40.3 Å². The zero-order chi connectivity index (χ0) is 22.0. The minimum absolute atomic E-state index is 0.130. The van der Waals surface area contributed by atoms with Gasteiger partial charge in [0.1, 0.15) is 11.9 Å². The van der Waals surface area contributed by atoms with Gasteiger partial charge < -0.3 is 16.0 Å². The first kappa shape index (κ1) is 21.5. The Kier molecular flexibility index (Phi) is 6.19. The first-order valence-corrected chi connectivity index (χ1v) is 9.93. The van der Waals surface area contributed by atoms with Gasteiger partial charge >= 0.3 is 0 Å². The molecule has 0 aliphatic carbocycles. The van der Waals surface area contributed by atoms with Crippen molar-refractivity contribution in [1.82, 2.24) is 16.0 Å². The number of carbonyl (C=O) groups excluding carboxylic acids is 2. The maximum absolute atomic E-state index is 14.3. The van der Waals surface area contributed by atoms with Crippen LogP contribution in [0.4, 0.5) is 4.39 Å². The first-order valence-electron chi connectivity index (χ1n) is 9.93. The smallest absolute Gasteiger partial charge is 0.248 e. The summed E-state index contributed by atoms with van der Waals surface area (Å²) in [5.41, 5.74) is 1.55. The molecule has 2 aliphatic heterocycles. The molecule has 1 fully saturated rings. The minimum Gasteiger partial charge on any atom is -0.349 e. The molecule has 30 heavy (non-hydrogen) atoms. The van der Waals surface area contributed by atoms with Crippen molar-refractivity contribution in [2.24, 2.45) is 11.8 Å². The van der Waals surface area contributed by atoms with Gasteiger partial charge in [0, 0.05) is 23.1 Å².